The Balaban J connectivity index is 1.92. The SMILES string of the molecule is COC(=O)c1cc(Oc2ccc(C(=O)OC)cc2NC(=O)CC(=O)c2ccc([N+](=O)[O-])cc2)cc(C(=O)OC)c1. The summed E-state index contributed by atoms with van der Waals surface area (Å²) >= 11 is 0. The molecule has 0 aliphatic carbocycles. The number of non-ortho nitro benzene ring substituents is 1. The Hall–Kier alpha value is -5.59. The number of carbonyl (C=O) groups excluding carboxylic acids is 5. The summed E-state index contributed by atoms with van der Waals surface area (Å²) in [4.78, 5) is 71.8. The topological polar surface area (TPSA) is 177 Å². The van der Waals surface area contributed by atoms with Gasteiger partial charge in [0.25, 0.3) is 5.69 Å². The minimum absolute atomic E-state index is 0.00780. The smallest absolute Gasteiger partial charge is 0.338 e. The fraction of sp³-hybridized carbons (Fsp3) is 0.148. The van der Waals surface area contributed by atoms with Crippen molar-refractivity contribution in [3.63, 3.8) is 0 Å². The molecule has 0 spiro atoms. The molecule has 40 heavy (non-hydrogen) atoms. The van der Waals surface area contributed by atoms with Gasteiger partial charge < -0.3 is 24.3 Å². The van der Waals surface area contributed by atoms with Gasteiger partial charge in [-0.15, -0.1) is 0 Å². The van der Waals surface area contributed by atoms with Gasteiger partial charge in [-0.3, -0.25) is 19.7 Å². The van der Waals surface area contributed by atoms with Gasteiger partial charge in [-0.25, -0.2) is 14.4 Å². The highest BCUT2D eigenvalue weighted by molar-refractivity contribution is 6.11. The van der Waals surface area contributed by atoms with Crippen LogP contribution in [0, 0.1) is 10.1 Å². The zero-order valence-electron chi connectivity index (χ0n) is 21.4. The molecule has 206 valence electrons. The molecule has 0 saturated heterocycles. The minimum Gasteiger partial charge on any atom is -0.465 e. The van der Waals surface area contributed by atoms with Crippen LogP contribution in [-0.2, 0) is 19.0 Å². The Labute approximate surface area is 226 Å². The molecule has 1 amide bonds. The number of esters is 3. The van der Waals surface area contributed by atoms with Crippen LogP contribution in [0.1, 0.15) is 47.9 Å². The first-order valence-electron chi connectivity index (χ1n) is 11.4. The number of ketones is 1. The van der Waals surface area contributed by atoms with Gasteiger partial charge in [0, 0.05) is 17.7 Å². The molecule has 0 aliphatic heterocycles. The van der Waals surface area contributed by atoms with Crippen molar-refractivity contribution >= 4 is 41.0 Å². The van der Waals surface area contributed by atoms with Crippen molar-refractivity contribution in [2.24, 2.45) is 0 Å². The zero-order chi connectivity index (χ0) is 29.4. The molecule has 0 atom stereocenters. The van der Waals surface area contributed by atoms with Gasteiger partial charge in [-0.1, -0.05) is 0 Å². The van der Waals surface area contributed by atoms with E-state index in [0.717, 1.165) is 26.4 Å². The summed E-state index contributed by atoms with van der Waals surface area (Å²) in [7, 11) is 3.48. The maximum atomic E-state index is 12.8. The third-order valence-corrected chi connectivity index (χ3v) is 5.37. The second-order valence-corrected chi connectivity index (χ2v) is 7.99. The van der Waals surface area contributed by atoms with E-state index in [0.29, 0.717) is 0 Å². The Morgan fingerprint density at radius 3 is 1.77 bits per heavy atom. The third kappa shape index (κ3) is 7.04. The van der Waals surface area contributed by atoms with Crippen molar-refractivity contribution in [3.8, 4) is 11.5 Å². The number of methoxy groups -OCH3 is 3. The van der Waals surface area contributed by atoms with Crippen molar-refractivity contribution in [1.82, 2.24) is 0 Å². The Kier molecular flexibility index (Phi) is 9.25. The van der Waals surface area contributed by atoms with Crippen LogP contribution in [0.15, 0.2) is 60.7 Å². The number of amides is 1. The second kappa shape index (κ2) is 12.8. The number of anilines is 1. The lowest BCUT2D eigenvalue weighted by Crippen LogP contribution is -2.17. The van der Waals surface area contributed by atoms with E-state index in [-0.39, 0.29) is 45.1 Å². The average molecular weight is 550 g/mol. The molecule has 1 N–H and O–H groups in total. The van der Waals surface area contributed by atoms with E-state index in [9.17, 15) is 34.1 Å². The van der Waals surface area contributed by atoms with Crippen molar-refractivity contribution in [1.29, 1.82) is 0 Å². The normalized spacial score (nSPS) is 10.2. The molecule has 13 heteroatoms. The number of nitro benzene ring substituents is 1. The third-order valence-electron chi connectivity index (χ3n) is 5.37. The van der Waals surface area contributed by atoms with Crippen molar-refractivity contribution in [2.45, 2.75) is 6.42 Å². The summed E-state index contributed by atoms with van der Waals surface area (Å²) in [6, 6.07) is 12.5. The molecule has 13 nitrogen and oxygen atoms in total. The number of ether oxygens (including phenoxy) is 4. The molecule has 0 aliphatic rings. The molecule has 0 unspecified atom stereocenters. The summed E-state index contributed by atoms with van der Waals surface area (Å²) in [6.07, 6.45) is -0.635. The van der Waals surface area contributed by atoms with Crippen molar-refractivity contribution < 1.29 is 47.8 Å². The largest absolute Gasteiger partial charge is 0.465 e. The first kappa shape index (κ1) is 29.0. The van der Waals surface area contributed by atoms with Crippen LogP contribution in [-0.4, -0.2) is 55.9 Å². The van der Waals surface area contributed by atoms with E-state index in [1.165, 1.54) is 55.6 Å². The number of nitrogens with one attached hydrogen (secondary N) is 1. The molecule has 3 aromatic carbocycles. The number of nitro groups is 1. The average Bonchev–Trinajstić information content (AvgIpc) is 2.96. The van der Waals surface area contributed by atoms with Crippen LogP contribution in [0.25, 0.3) is 0 Å². The second-order valence-electron chi connectivity index (χ2n) is 7.99. The van der Waals surface area contributed by atoms with Gasteiger partial charge in [-0.05, 0) is 48.5 Å². The lowest BCUT2D eigenvalue weighted by Gasteiger charge is -2.15. The summed E-state index contributed by atoms with van der Waals surface area (Å²) in [5, 5.41) is 13.3. The van der Waals surface area contributed by atoms with E-state index in [2.05, 4.69) is 5.32 Å². The van der Waals surface area contributed by atoms with Crippen LogP contribution < -0.4 is 10.1 Å². The molecule has 0 bridgehead atoms. The molecular formula is C27H22N2O11. The predicted molar refractivity (Wildman–Crippen MR) is 138 cm³/mol. The molecule has 0 fully saturated rings. The summed E-state index contributed by atoms with van der Waals surface area (Å²) in [5.41, 5.74) is -0.167. The number of nitrogens with zero attached hydrogens (tertiary/aromatic N) is 1. The maximum absolute atomic E-state index is 12.8. The number of carbonyl (C=O) groups is 5. The summed E-state index contributed by atoms with van der Waals surface area (Å²) < 4.78 is 20.0. The van der Waals surface area contributed by atoms with Crippen molar-refractivity contribution in [3.05, 3.63) is 93.0 Å². The molecule has 3 rings (SSSR count). The monoisotopic (exact) mass is 550 g/mol. The van der Waals surface area contributed by atoms with E-state index < -0.39 is 40.9 Å². The number of benzene rings is 3. The fourth-order valence-electron chi connectivity index (χ4n) is 3.43. The van der Waals surface area contributed by atoms with Gasteiger partial charge in [0.05, 0.1) is 55.1 Å². The Morgan fingerprint density at radius 2 is 1.25 bits per heavy atom. The predicted octanol–water partition coefficient (Wildman–Crippen LogP) is 3.96. The highest BCUT2D eigenvalue weighted by atomic mass is 16.6. The first-order chi connectivity index (χ1) is 19.1. The van der Waals surface area contributed by atoms with E-state index in [4.69, 9.17) is 18.9 Å². The molecule has 0 aromatic heterocycles. The zero-order valence-corrected chi connectivity index (χ0v) is 21.4. The summed E-state index contributed by atoms with van der Waals surface area (Å²) in [5.74, 6) is -3.65. The van der Waals surface area contributed by atoms with Crippen LogP contribution >= 0.6 is 0 Å². The number of rotatable bonds is 10. The van der Waals surface area contributed by atoms with Gasteiger partial charge >= 0.3 is 17.9 Å². The molecule has 0 radical (unpaired) electrons. The van der Waals surface area contributed by atoms with Gasteiger partial charge in [0.1, 0.15) is 5.75 Å². The number of hydrogen-bond acceptors (Lipinski definition) is 11. The highest BCUT2D eigenvalue weighted by Crippen LogP contribution is 2.32. The van der Waals surface area contributed by atoms with Crippen molar-refractivity contribution in [2.75, 3.05) is 26.6 Å². The van der Waals surface area contributed by atoms with Gasteiger partial charge in [-0.2, -0.15) is 0 Å². The van der Waals surface area contributed by atoms with Crippen LogP contribution in [0.4, 0.5) is 11.4 Å². The standard InChI is InChI=1S/C27H22N2O11/c1-37-25(32)16-6-9-23(40-20-11-17(26(33)38-2)10-18(12-20)27(34)39-3)21(13-16)28-24(31)14-22(30)15-4-7-19(8-5-15)29(35)36/h4-13H,14H2,1-3H3,(H,28,31). The maximum Gasteiger partial charge on any atom is 0.338 e. The minimum atomic E-state index is -0.784. The van der Waals surface area contributed by atoms with Crippen LogP contribution in [0.2, 0.25) is 0 Å². The van der Waals surface area contributed by atoms with E-state index >= 15 is 0 Å². The Morgan fingerprint density at radius 1 is 0.725 bits per heavy atom. The number of Topliss-reactive ketones (excluding diaryl/α,β-unsaturated/α-hetero) is 1. The Bertz CT molecular complexity index is 1460. The highest BCUT2D eigenvalue weighted by Gasteiger charge is 2.19. The molecule has 0 saturated carbocycles. The quantitative estimate of drug-likeness (QED) is 0.0965. The van der Waals surface area contributed by atoms with Crippen LogP contribution in [0.3, 0.4) is 0 Å². The lowest BCUT2D eigenvalue weighted by atomic mass is 10.1. The molecule has 0 heterocycles. The van der Waals surface area contributed by atoms with E-state index in [1.54, 1.807) is 0 Å². The lowest BCUT2D eigenvalue weighted by molar-refractivity contribution is -0.384. The molecule has 3 aromatic rings. The molecular weight excluding hydrogens is 528 g/mol. The fourth-order valence-corrected chi connectivity index (χ4v) is 3.43. The van der Waals surface area contributed by atoms with Gasteiger partial charge in [0.2, 0.25) is 5.91 Å². The van der Waals surface area contributed by atoms with Gasteiger partial charge in [0.15, 0.2) is 11.5 Å². The van der Waals surface area contributed by atoms with E-state index in [1.807, 2.05) is 0 Å². The summed E-state index contributed by atoms with van der Waals surface area (Å²) in [6.45, 7) is 0. The first-order valence-corrected chi connectivity index (χ1v) is 11.4. The number of hydrogen-bond donors (Lipinski definition) is 1. The van der Waals surface area contributed by atoms with Crippen LogP contribution in [0.5, 0.6) is 11.5 Å².